The Morgan fingerprint density at radius 3 is 2.42 bits per heavy atom. The maximum atomic E-state index is 12.9. The molecule has 0 amide bonds. The summed E-state index contributed by atoms with van der Waals surface area (Å²) in [4.78, 5) is 22.9. The van der Waals surface area contributed by atoms with Crippen LogP contribution in [-0.2, 0) is 15.7 Å². The van der Waals surface area contributed by atoms with E-state index in [0.717, 1.165) is 12.1 Å². The van der Waals surface area contributed by atoms with E-state index in [0.29, 0.717) is 6.07 Å². The summed E-state index contributed by atoms with van der Waals surface area (Å²) in [6, 6.07) is 3.88. The van der Waals surface area contributed by atoms with Crippen LogP contribution >= 0.6 is 0 Å². The molecule has 0 unspecified atom stereocenters. The molecule has 0 radical (unpaired) electrons. The van der Waals surface area contributed by atoms with Crippen molar-refractivity contribution < 1.29 is 31.9 Å². The molecule has 0 saturated heterocycles. The summed E-state index contributed by atoms with van der Waals surface area (Å²) in [5.74, 6) is -0.552. The Morgan fingerprint density at radius 2 is 1.83 bits per heavy atom. The second-order valence-corrected chi connectivity index (χ2v) is 6.01. The van der Waals surface area contributed by atoms with Gasteiger partial charge in [0, 0.05) is 17.5 Å². The van der Waals surface area contributed by atoms with E-state index >= 15 is 0 Å². The van der Waals surface area contributed by atoms with Crippen LogP contribution in [0.2, 0.25) is 0 Å². The topological polar surface area (TPSA) is 65.7 Å². The van der Waals surface area contributed by atoms with E-state index in [1.54, 1.807) is 20.8 Å². The number of benzene rings is 1. The number of alkyl halides is 3. The molecule has 24 heavy (non-hydrogen) atoms. The molecule has 2 rings (SSSR count). The van der Waals surface area contributed by atoms with Gasteiger partial charge in [0.15, 0.2) is 6.61 Å². The van der Waals surface area contributed by atoms with Crippen LogP contribution in [0, 0.1) is 0 Å². The summed E-state index contributed by atoms with van der Waals surface area (Å²) in [6.07, 6.45) is -4.69. The van der Waals surface area contributed by atoms with Crippen LogP contribution in [0.1, 0.15) is 26.3 Å². The van der Waals surface area contributed by atoms with Crippen molar-refractivity contribution in [3.8, 4) is 5.75 Å². The van der Waals surface area contributed by atoms with Gasteiger partial charge in [-0.15, -0.1) is 0 Å². The molecule has 5 nitrogen and oxygen atoms in total. The van der Waals surface area contributed by atoms with Crippen molar-refractivity contribution in [3.63, 3.8) is 0 Å². The summed E-state index contributed by atoms with van der Waals surface area (Å²) < 4.78 is 53.8. The lowest BCUT2D eigenvalue weighted by atomic mass is 10.1. The maximum absolute atomic E-state index is 12.9. The molecule has 8 heteroatoms. The minimum Gasteiger partial charge on any atom is -0.482 e. The SMILES string of the molecule is CC(C)(C)OC(=O)COc1ccc2c(C(F)(F)F)cc(=O)oc2c1. The molecule has 0 fully saturated rings. The molecule has 0 aliphatic rings. The van der Waals surface area contributed by atoms with Gasteiger partial charge in [0.05, 0.1) is 5.56 Å². The third kappa shape index (κ3) is 4.50. The molecule has 0 N–H and O–H groups in total. The standard InChI is InChI=1S/C16H15F3O5/c1-15(2,3)24-14(21)8-22-9-4-5-10-11(16(17,18)19)7-13(20)23-12(10)6-9/h4-7H,8H2,1-3H3. The van der Waals surface area contributed by atoms with Gasteiger partial charge in [-0.1, -0.05) is 0 Å². The Bertz CT molecular complexity index is 815. The van der Waals surface area contributed by atoms with Crippen molar-refractivity contribution in [3.05, 3.63) is 40.2 Å². The normalized spacial score (nSPS) is 12.2. The van der Waals surface area contributed by atoms with Crippen LogP contribution in [0.4, 0.5) is 13.2 Å². The summed E-state index contributed by atoms with van der Waals surface area (Å²) in [5.41, 5.74) is -3.18. The monoisotopic (exact) mass is 344 g/mol. The van der Waals surface area contributed by atoms with Crippen molar-refractivity contribution in [1.29, 1.82) is 0 Å². The number of hydrogen-bond donors (Lipinski definition) is 0. The maximum Gasteiger partial charge on any atom is 0.417 e. The fourth-order valence-corrected chi connectivity index (χ4v) is 1.98. The molecule has 0 bridgehead atoms. The summed E-state index contributed by atoms with van der Waals surface area (Å²) in [5, 5.41) is -0.272. The van der Waals surface area contributed by atoms with E-state index in [1.165, 1.54) is 6.07 Å². The largest absolute Gasteiger partial charge is 0.482 e. The first kappa shape index (κ1) is 17.8. The van der Waals surface area contributed by atoms with E-state index in [1.807, 2.05) is 0 Å². The Kier molecular flexibility index (Phi) is 4.59. The smallest absolute Gasteiger partial charge is 0.417 e. The second-order valence-electron chi connectivity index (χ2n) is 6.01. The molecule has 0 saturated carbocycles. The minimum atomic E-state index is -4.69. The number of fused-ring (bicyclic) bond motifs is 1. The van der Waals surface area contributed by atoms with Crippen LogP contribution < -0.4 is 10.4 Å². The number of hydrogen-bond acceptors (Lipinski definition) is 5. The third-order valence-corrected chi connectivity index (χ3v) is 2.80. The van der Waals surface area contributed by atoms with Crippen LogP contribution in [0.3, 0.4) is 0 Å². The molecule has 1 heterocycles. The van der Waals surface area contributed by atoms with Crippen molar-refractivity contribution in [2.45, 2.75) is 32.5 Å². The van der Waals surface area contributed by atoms with Crippen LogP contribution in [0.25, 0.3) is 11.0 Å². The first-order valence-corrected chi connectivity index (χ1v) is 6.95. The Hall–Kier alpha value is -2.51. The molecule has 1 aromatic heterocycles. The van der Waals surface area contributed by atoms with Crippen molar-refractivity contribution in [1.82, 2.24) is 0 Å². The lowest BCUT2D eigenvalue weighted by Gasteiger charge is -2.19. The highest BCUT2D eigenvalue weighted by Crippen LogP contribution is 2.34. The Labute approximate surface area is 135 Å². The highest BCUT2D eigenvalue weighted by molar-refractivity contribution is 5.82. The third-order valence-electron chi connectivity index (χ3n) is 2.80. The van der Waals surface area contributed by atoms with Gasteiger partial charge in [0.2, 0.25) is 0 Å². The number of ether oxygens (including phenoxy) is 2. The summed E-state index contributed by atoms with van der Waals surface area (Å²) >= 11 is 0. The average molecular weight is 344 g/mol. The van der Waals surface area contributed by atoms with E-state index < -0.39 is 35.5 Å². The molecule has 0 aliphatic carbocycles. The predicted octanol–water partition coefficient (Wildman–Crippen LogP) is 3.53. The Morgan fingerprint density at radius 1 is 1.17 bits per heavy atom. The van der Waals surface area contributed by atoms with E-state index in [4.69, 9.17) is 13.9 Å². The zero-order valence-corrected chi connectivity index (χ0v) is 13.2. The molecular formula is C16H15F3O5. The number of halogens is 3. The van der Waals surface area contributed by atoms with Crippen LogP contribution in [0.5, 0.6) is 5.75 Å². The van der Waals surface area contributed by atoms with Crippen LogP contribution in [0.15, 0.2) is 33.5 Å². The number of carbonyl (C=O) groups excluding carboxylic acids is 1. The first-order chi connectivity index (χ1) is 11.0. The van der Waals surface area contributed by atoms with E-state index in [2.05, 4.69) is 0 Å². The fraction of sp³-hybridized carbons (Fsp3) is 0.375. The lowest BCUT2D eigenvalue weighted by Crippen LogP contribution is -2.27. The molecule has 0 aliphatic heterocycles. The molecule has 130 valence electrons. The zero-order chi connectivity index (χ0) is 18.1. The molecule has 0 spiro atoms. The highest BCUT2D eigenvalue weighted by atomic mass is 19.4. The van der Waals surface area contributed by atoms with Gasteiger partial charge in [0.1, 0.15) is 16.9 Å². The zero-order valence-electron chi connectivity index (χ0n) is 13.2. The minimum absolute atomic E-state index is 0.0795. The van der Waals surface area contributed by atoms with Gasteiger partial charge in [-0.25, -0.2) is 9.59 Å². The first-order valence-electron chi connectivity index (χ1n) is 6.95. The molecule has 2 aromatic rings. The van der Waals surface area contributed by atoms with Gasteiger partial charge in [-0.3, -0.25) is 0 Å². The average Bonchev–Trinajstić information content (AvgIpc) is 2.41. The molecule has 1 aromatic carbocycles. The Balaban J connectivity index is 2.26. The number of carbonyl (C=O) groups is 1. The summed E-state index contributed by atoms with van der Waals surface area (Å²) in [7, 11) is 0. The quantitative estimate of drug-likeness (QED) is 0.629. The van der Waals surface area contributed by atoms with Gasteiger partial charge >= 0.3 is 17.8 Å². The van der Waals surface area contributed by atoms with Gasteiger partial charge in [0.25, 0.3) is 0 Å². The van der Waals surface area contributed by atoms with Gasteiger partial charge < -0.3 is 13.9 Å². The number of esters is 1. The van der Waals surface area contributed by atoms with E-state index in [-0.39, 0.29) is 16.7 Å². The molecule has 0 atom stereocenters. The molecular weight excluding hydrogens is 329 g/mol. The lowest BCUT2D eigenvalue weighted by molar-refractivity contribution is -0.157. The van der Waals surface area contributed by atoms with E-state index in [9.17, 15) is 22.8 Å². The number of rotatable bonds is 3. The predicted molar refractivity (Wildman–Crippen MR) is 78.8 cm³/mol. The van der Waals surface area contributed by atoms with Gasteiger partial charge in [-0.2, -0.15) is 13.2 Å². The highest BCUT2D eigenvalue weighted by Gasteiger charge is 2.33. The van der Waals surface area contributed by atoms with Crippen molar-refractivity contribution in [2.75, 3.05) is 6.61 Å². The van der Waals surface area contributed by atoms with Crippen LogP contribution in [-0.4, -0.2) is 18.2 Å². The second kappa shape index (κ2) is 6.18. The van der Waals surface area contributed by atoms with Crippen molar-refractivity contribution in [2.24, 2.45) is 0 Å². The van der Waals surface area contributed by atoms with Crippen molar-refractivity contribution >= 4 is 16.9 Å². The van der Waals surface area contributed by atoms with Gasteiger partial charge in [-0.05, 0) is 32.9 Å². The fourth-order valence-electron chi connectivity index (χ4n) is 1.98. The summed E-state index contributed by atoms with van der Waals surface area (Å²) in [6.45, 7) is 4.64.